The normalized spacial score (nSPS) is 12.2. The number of anilines is 1. The minimum absolute atomic E-state index is 0.000506. The molecule has 0 radical (unpaired) electrons. The highest BCUT2D eigenvalue weighted by molar-refractivity contribution is 6.07. The summed E-state index contributed by atoms with van der Waals surface area (Å²) in [5.74, 6) is -0.312. The summed E-state index contributed by atoms with van der Waals surface area (Å²) in [6.45, 7) is 4.69. The lowest BCUT2D eigenvalue weighted by Crippen LogP contribution is -2.30. The molecule has 208 valence electrons. The van der Waals surface area contributed by atoms with Gasteiger partial charge in [-0.1, -0.05) is 54.6 Å². The van der Waals surface area contributed by atoms with Crippen LogP contribution in [0.5, 0.6) is 0 Å². The highest BCUT2D eigenvalue weighted by Crippen LogP contribution is 2.32. The standard InChI is InChI=1S/C35H30N4O3/c1-23-18-26(13-15-29(23)31-11-5-4-10-30(31)24(2)40)35(42)39-22-28-14-16-33(34(41)37-20-25-8-7-17-36-19-25)38(28)21-27-9-3-6-12-32(27)39/h3-19H,20-22H2,1-2H3,(H,37,41). The molecule has 7 nitrogen and oxygen atoms in total. The van der Waals surface area contributed by atoms with E-state index in [9.17, 15) is 14.4 Å². The van der Waals surface area contributed by atoms with E-state index in [4.69, 9.17) is 0 Å². The third-order valence-electron chi connectivity index (χ3n) is 7.73. The number of nitrogens with one attached hydrogen (secondary N) is 1. The van der Waals surface area contributed by atoms with Gasteiger partial charge in [0.25, 0.3) is 11.8 Å². The molecule has 6 rings (SSSR count). The van der Waals surface area contributed by atoms with Crippen molar-refractivity contribution in [2.45, 2.75) is 33.5 Å². The van der Waals surface area contributed by atoms with E-state index in [2.05, 4.69) is 10.3 Å². The van der Waals surface area contributed by atoms with Gasteiger partial charge in [-0.05, 0) is 78.1 Å². The van der Waals surface area contributed by atoms with Crippen molar-refractivity contribution in [1.29, 1.82) is 0 Å². The molecule has 0 spiro atoms. The van der Waals surface area contributed by atoms with Crippen molar-refractivity contribution in [3.8, 4) is 11.1 Å². The predicted molar refractivity (Wildman–Crippen MR) is 163 cm³/mol. The number of para-hydroxylation sites is 1. The van der Waals surface area contributed by atoms with Crippen molar-refractivity contribution in [3.05, 3.63) is 143 Å². The first-order valence-electron chi connectivity index (χ1n) is 13.9. The van der Waals surface area contributed by atoms with E-state index in [-0.39, 0.29) is 17.6 Å². The summed E-state index contributed by atoms with van der Waals surface area (Å²) in [5, 5.41) is 2.99. The van der Waals surface area contributed by atoms with Crippen molar-refractivity contribution < 1.29 is 14.4 Å². The van der Waals surface area contributed by atoms with Crippen LogP contribution in [0.1, 0.15) is 60.5 Å². The number of hydrogen-bond acceptors (Lipinski definition) is 4. The monoisotopic (exact) mass is 554 g/mol. The molecule has 0 saturated heterocycles. The SMILES string of the molecule is CC(=O)c1ccccc1-c1ccc(C(=O)N2Cc3ccc(C(=O)NCc4cccnc4)n3Cc3ccccc32)cc1C. The lowest BCUT2D eigenvalue weighted by Gasteiger charge is -2.23. The quantitative estimate of drug-likeness (QED) is 0.253. The topological polar surface area (TPSA) is 84.3 Å². The molecule has 7 heteroatoms. The maximum Gasteiger partial charge on any atom is 0.268 e. The first kappa shape index (κ1) is 26.9. The third kappa shape index (κ3) is 5.12. The van der Waals surface area contributed by atoms with Gasteiger partial charge in [0, 0.05) is 41.4 Å². The van der Waals surface area contributed by atoms with Gasteiger partial charge in [0.15, 0.2) is 5.78 Å². The first-order chi connectivity index (χ1) is 20.4. The van der Waals surface area contributed by atoms with E-state index in [1.54, 1.807) is 24.2 Å². The predicted octanol–water partition coefficient (Wildman–Crippen LogP) is 6.20. The number of aromatic nitrogens is 2. The molecule has 0 saturated carbocycles. The number of carbonyl (C=O) groups excluding carboxylic acids is 3. The molecule has 1 aliphatic heterocycles. The second-order valence-electron chi connectivity index (χ2n) is 10.5. The fourth-order valence-corrected chi connectivity index (χ4v) is 5.59. The molecule has 2 aromatic heterocycles. The zero-order chi connectivity index (χ0) is 29.2. The second-order valence-corrected chi connectivity index (χ2v) is 10.5. The van der Waals surface area contributed by atoms with E-state index in [0.29, 0.717) is 36.5 Å². The molecule has 5 aromatic rings. The van der Waals surface area contributed by atoms with Crippen LogP contribution in [0.15, 0.2) is 103 Å². The Labute approximate surface area is 244 Å². The third-order valence-corrected chi connectivity index (χ3v) is 7.73. The Balaban J connectivity index is 1.31. The van der Waals surface area contributed by atoms with Crippen molar-refractivity contribution in [3.63, 3.8) is 0 Å². The molecule has 0 bridgehead atoms. The maximum absolute atomic E-state index is 14.1. The second kappa shape index (κ2) is 11.3. The maximum atomic E-state index is 14.1. The molecule has 0 fully saturated rings. The van der Waals surface area contributed by atoms with Gasteiger partial charge >= 0.3 is 0 Å². The molecule has 2 amide bonds. The van der Waals surface area contributed by atoms with Gasteiger partial charge in [0.1, 0.15) is 5.69 Å². The van der Waals surface area contributed by atoms with Gasteiger partial charge in [0.2, 0.25) is 0 Å². The summed E-state index contributed by atoms with van der Waals surface area (Å²) >= 11 is 0. The molecule has 3 heterocycles. The lowest BCUT2D eigenvalue weighted by atomic mass is 9.93. The van der Waals surface area contributed by atoms with E-state index >= 15 is 0 Å². The molecular formula is C35H30N4O3. The van der Waals surface area contributed by atoms with E-state index < -0.39 is 0 Å². The summed E-state index contributed by atoms with van der Waals surface area (Å²) in [6.07, 6.45) is 3.43. The summed E-state index contributed by atoms with van der Waals surface area (Å²) in [4.78, 5) is 45.4. The Morgan fingerprint density at radius 3 is 2.45 bits per heavy atom. The number of fused-ring (bicyclic) bond motifs is 2. The number of aryl methyl sites for hydroxylation is 1. The zero-order valence-corrected chi connectivity index (χ0v) is 23.5. The molecule has 0 unspecified atom stereocenters. The van der Waals surface area contributed by atoms with Crippen LogP contribution >= 0.6 is 0 Å². The Bertz CT molecular complexity index is 1820. The number of benzene rings is 3. The highest BCUT2D eigenvalue weighted by atomic mass is 16.2. The fourth-order valence-electron chi connectivity index (χ4n) is 5.59. The average Bonchev–Trinajstić information content (AvgIpc) is 3.33. The summed E-state index contributed by atoms with van der Waals surface area (Å²) in [6, 6.07) is 28.5. The van der Waals surface area contributed by atoms with Crippen LogP contribution in [0.2, 0.25) is 0 Å². The van der Waals surface area contributed by atoms with Crippen molar-refractivity contribution in [1.82, 2.24) is 14.9 Å². The number of hydrogen-bond donors (Lipinski definition) is 1. The van der Waals surface area contributed by atoms with Gasteiger partial charge in [0.05, 0.1) is 13.1 Å². The van der Waals surface area contributed by atoms with Gasteiger partial charge < -0.3 is 14.8 Å². The van der Waals surface area contributed by atoms with E-state index in [0.717, 1.165) is 39.2 Å². The van der Waals surface area contributed by atoms with Crippen molar-refractivity contribution >= 4 is 23.3 Å². The minimum Gasteiger partial charge on any atom is -0.347 e. The van der Waals surface area contributed by atoms with Crippen molar-refractivity contribution in [2.24, 2.45) is 0 Å². The van der Waals surface area contributed by atoms with Crippen LogP contribution < -0.4 is 10.2 Å². The number of pyridine rings is 1. The van der Waals surface area contributed by atoms with E-state index in [1.165, 1.54) is 0 Å². The number of Topliss-reactive ketones (excluding diaryl/α,β-unsaturated/α-hetero) is 1. The van der Waals surface area contributed by atoms with Gasteiger partial charge in [-0.3, -0.25) is 19.4 Å². The van der Waals surface area contributed by atoms with Gasteiger partial charge in [-0.2, -0.15) is 0 Å². The molecule has 0 aliphatic carbocycles. The first-order valence-corrected chi connectivity index (χ1v) is 13.9. The smallest absolute Gasteiger partial charge is 0.268 e. The molecule has 3 aromatic carbocycles. The Morgan fingerprint density at radius 2 is 1.67 bits per heavy atom. The summed E-state index contributed by atoms with van der Waals surface area (Å²) in [7, 11) is 0. The number of rotatable bonds is 6. The number of nitrogens with zero attached hydrogens (tertiary/aromatic N) is 3. The van der Waals surface area contributed by atoms with Crippen LogP contribution in [0.3, 0.4) is 0 Å². The van der Waals surface area contributed by atoms with Crippen molar-refractivity contribution in [2.75, 3.05) is 4.90 Å². The van der Waals surface area contributed by atoms with Gasteiger partial charge in [-0.15, -0.1) is 0 Å². The molecule has 42 heavy (non-hydrogen) atoms. The van der Waals surface area contributed by atoms with Crippen LogP contribution in [-0.4, -0.2) is 27.1 Å². The molecule has 1 N–H and O–H groups in total. The molecular weight excluding hydrogens is 524 g/mol. The van der Waals surface area contributed by atoms with E-state index in [1.807, 2.05) is 102 Å². The molecule has 0 atom stereocenters. The summed E-state index contributed by atoms with van der Waals surface area (Å²) in [5.41, 5.74) is 8.00. The number of amides is 2. The highest BCUT2D eigenvalue weighted by Gasteiger charge is 2.27. The fraction of sp³-hybridized carbons (Fsp3) is 0.143. The van der Waals surface area contributed by atoms with Gasteiger partial charge in [-0.25, -0.2) is 0 Å². The van der Waals surface area contributed by atoms with Crippen LogP contribution in [-0.2, 0) is 19.6 Å². The Kier molecular flexibility index (Phi) is 7.23. The largest absolute Gasteiger partial charge is 0.347 e. The molecule has 1 aliphatic rings. The van der Waals surface area contributed by atoms with Crippen LogP contribution in [0.25, 0.3) is 11.1 Å². The zero-order valence-electron chi connectivity index (χ0n) is 23.5. The van der Waals surface area contributed by atoms with Crippen LogP contribution in [0, 0.1) is 6.92 Å². The Hall–Kier alpha value is -5.30. The average molecular weight is 555 g/mol. The minimum atomic E-state index is -0.181. The number of carbonyl (C=O) groups is 3. The summed E-state index contributed by atoms with van der Waals surface area (Å²) < 4.78 is 1.98. The number of ketones is 1. The Morgan fingerprint density at radius 1 is 0.857 bits per heavy atom. The lowest BCUT2D eigenvalue weighted by molar-refractivity contribution is 0.0940. The van der Waals surface area contributed by atoms with Crippen LogP contribution in [0.4, 0.5) is 5.69 Å².